The van der Waals surface area contributed by atoms with Crippen LogP contribution in [0, 0.1) is 11.6 Å². The first kappa shape index (κ1) is 34.0. The van der Waals surface area contributed by atoms with Gasteiger partial charge < -0.3 is 29.5 Å². The molecule has 6 aliphatic heterocycles. The Morgan fingerprint density at radius 3 is 1.64 bits per heavy atom. The van der Waals surface area contributed by atoms with E-state index >= 15 is 0 Å². The van der Waals surface area contributed by atoms with Gasteiger partial charge in [0.2, 0.25) is 0 Å². The monoisotopic (exact) mass is 716 g/mol. The van der Waals surface area contributed by atoms with Gasteiger partial charge in [-0.25, -0.2) is 18.8 Å². The third kappa shape index (κ3) is 6.56. The maximum atomic E-state index is 13.5. The van der Waals surface area contributed by atoms with Crippen molar-refractivity contribution in [1.82, 2.24) is 20.0 Å². The molecular weight excluding hydrogens is 671 g/mol. The Labute approximate surface area is 310 Å². The number of amidine groups is 2. The van der Waals surface area contributed by atoms with Crippen LogP contribution >= 0.6 is 0 Å². The smallest absolute Gasteiger partial charge is 0.288 e. The molecule has 2 saturated heterocycles. The Hall–Kier alpha value is -4.80. The summed E-state index contributed by atoms with van der Waals surface area (Å²) in [5.74, 6) is -0.424. The molecule has 0 aliphatic carbocycles. The second-order valence-electron chi connectivity index (χ2n) is 15.4. The van der Waals surface area contributed by atoms with Crippen molar-refractivity contribution in [2.45, 2.75) is 49.0 Å². The summed E-state index contributed by atoms with van der Waals surface area (Å²) in [5.41, 5.74) is 6.97. The summed E-state index contributed by atoms with van der Waals surface area (Å²) in [6.07, 6.45) is 3.93. The predicted octanol–water partition coefficient (Wildman–Crippen LogP) is 6.13. The average Bonchev–Trinajstić information content (AvgIpc) is 4.01. The highest BCUT2D eigenvalue weighted by atomic mass is 19.1. The molecule has 274 valence electrons. The Kier molecular flexibility index (Phi) is 8.90. The van der Waals surface area contributed by atoms with E-state index in [2.05, 4.69) is 75.6 Å². The molecule has 0 radical (unpaired) electrons. The molecule has 0 bridgehead atoms. The maximum absolute atomic E-state index is 13.5. The van der Waals surface area contributed by atoms with Crippen molar-refractivity contribution in [3.8, 4) is 0 Å². The quantitative estimate of drug-likeness (QED) is 0.270. The third-order valence-corrected chi connectivity index (χ3v) is 11.8. The number of nitrogens with zero attached hydrogens (tertiary/aromatic N) is 5. The van der Waals surface area contributed by atoms with Crippen LogP contribution in [0.1, 0.15) is 58.3 Å². The highest BCUT2D eigenvalue weighted by molar-refractivity contribution is 5.78. The summed E-state index contributed by atoms with van der Waals surface area (Å²) in [6.45, 7) is 6.94. The van der Waals surface area contributed by atoms with Crippen LogP contribution in [0.5, 0.6) is 0 Å². The molecule has 4 atom stereocenters. The largest absolute Gasteiger partial charge is 0.455 e. The summed E-state index contributed by atoms with van der Waals surface area (Å²) < 4.78 is 39.8. The van der Waals surface area contributed by atoms with E-state index in [1.165, 1.54) is 46.5 Å². The van der Waals surface area contributed by atoms with Crippen LogP contribution in [0.2, 0.25) is 0 Å². The van der Waals surface area contributed by atoms with Crippen molar-refractivity contribution in [3.05, 3.63) is 142 Å². The molecule has 0 aromatic heterocycles. The number of rotatable bonds is 2. The number of hydrogen-bond donors (Lipinski definition) is 1. The highest BCUT2D eigenvalue weighted by Gasteiger charge is 2.47. The summed E-state index contributed by atoms with van der Waals surface area (Å²) in [6, 6.07) is 32.1. The molecule has 2 spiro atoms. The van der Waals surface area contributed by atoms with Crippen LogP contribution < -0.4 is 5.32 Å². The van der Waals surface area contributed by atoms with Crippen molar-refractivity contribution in [2.24, 2.45) is 9.98 Å². The average molecular weight is 717 g/mol. The van der Waals surface area contributed by atoms with E-state index in [4.69, 9.17) is 19.5 Å². The van der Waals surface area contributed by atoms with Crippen molar-refractivity contribution in [3.63, 3.8) is 0 Å². The lowest BCUT2D eigenvalue weighted by Gasteiger charge is -2.39. The van der Waals surface area contributed by atoms with E-state index in [0.29, 0.717) is 6.54 Å². The molecule has 6 aliphatic rings. The standard InChI is InChI=1S/C22H24FN3O.C21H22FN3O/c1-25-13-11-22(15-25)14-24-21(27-22)26-12-10-16-4-2-3-5-19(16)20(26)17-6-8-18(23)9-7-17;22-17-7-5-16(6-8-17)19-18-4-2-1-3-15(18)9-12-25(19)20-24-14-21(26-20)10-11-23-13-21/h2-9,20H,10-15H2,1H3;1-8,19,23H,9-14H2/t20-,22-;19-,21+/m00/s1. The predicted molar refractivity (Wildman–Crippen MR) is 202 cm³/mol. The van der Waals surface area contributed by atoms with Crippen LogP contribution in [0.4, 0.5) is 8.78 Å². The lowest BCUT2D eigenvalue weighted by molar-refractivity contribution is 0.0726. The van der Waals surface area contributed by atoms with Crippen LogP contribution in [0.25, 0.3) is 0 Å². The van der Waals surface area contributed by atoms with E-state index in [9.17, 15) is 8.78 Å². The van der Waals surface area contributed by atoms with Gasteiger partial charge in [-0.05, 0) is 84.1 Å². The lowest BCUT2D eigenvalue weighted by Crippen LogP contribution is -2.44. The molecular formula is C43H46F2N6O2. The zero-order chi connectivity index (χ0) is 36.0. The first-order chi connectivity index (χ1) is 25.9. The van der Waals surface area contributed by atoms with E-state index < -0.39 is 0 Å². The molecule has 0 amide bonds. The van der Waals surface area contributed by atoms with Gasteiger partial charge in [-0.3, -0.25) is 0 Å². The normalized spacial score (nSPS) is 27.5. The number of benzene rings is 4. The molecule has 53 heavy (non-hydrogen) atoms. The molecule has 10 heteroatoms. The maximum Gasteiger partial charge on any atom is 0.288 e. The van der Waals surface area contributed by atoms with Crippen LogP contribution in [0.15, 0.2) is 107 Å². The van der Waals surface area contributed by atoms with Gasteiger partial charge in [-0.1, -0.05) is 72.8 Å². The van der Waals surface area contributed by atoms with Gasteiger partial charge in [-0.2, -0.15) is 0 Å². The van der Waals surface area contributed by atoms with E-state index in [1.807, 2.05) is 24.3 Å². The minimum Gasteiger partial charge on any atom is -0.455 e. The summed E-state index contributed by atoms with van der Waals surface area (Å²) >= 11 is 0. The van der Waals surface area contributed by atoms with E-state index in [1.54, 1.807) is 0 Å². The number of nitrogens with one attached hydrogen (secondary N) is 1. The molecule has 0 saturated carbocycles. The number of hydrogen-bond acceptors (Lipinski definition) is 8. The summed E-state index contributed by atoms with van der Waals surface area (Å²) in [5, 5.41) is 3.38. The molecule has 2 fully saturated rings. The minimum absolute atomic E-state index is 0.00332. The minimum atomic E-state index is -0.213. The van der Waals surface area contributed by atoms with Gasteiger partial charge in [0.15, 0.2) is 0 Å². The third-order valence-electron chi connectivity index (χ3n) is 11.8. The van der Waals surface area contributed by atoms with Gasteiger partial charge in [0.25, 0.3) is 12.0 Å². The summed E-state index contributed by atoms with van der Waals surface area (Å²) in [7, 11) is 2.13. The van der Waals surface area contributed by atoms with E-state index in [0.717, 1.165) is 94.7 Å². The Balaban J connectivity index is 0.000000141. The lowest BCUT2D eigenvalue weighted by atomic mass is 9.88. The number of aliphatic imine (C=N–C) groups is 2. The van der Waals surface area contributed by atoms with Gasteiger partial charge in [0.05, 0.1) is 25.2 Å². The number of ether oxygens (including phenoxy) is 2. The highest BCUT2D eigenvalue weighted by Crippen LogP contribution is 2.40. The first-order valence-electron chi connectivity index (χ1n) is 18.9. The van der Waals surface area contributed by atoms with E-state index in [-0.39, 0.29) is 34.9 Å². The summed E-state index contributed by atoms with van der Waals surface area (Å²) in [4.78, 5) is 16.4. The second kappa shape index (κ2) is 13.9. The molecule has 4 aromatic rings. The fourth-order valence-electron chi connectivity index (χ4n) is 8.99. The van der Waals surface area contributed by atoms with Crippen molar-refractivity contribution >= 4 is 12.0 Å². The van der Waals surface area contributed by atoms with Gasteiger partial charge in [0.1, 0.15) is 22.8 Å². The molecule has 8 nitrogen and oxygen atoms in total. The molecule has 10 rings (SSSR count). The Bertz CT molecular complexity index is 2010. The van der Waals surface area contributed by atoms with Crippen molar-refractivity contribution in [2.75, 3.05) is 59.4 Å². The number of fused-ring (bicyclic) bond motifs is 2. The molecule has 4 aromatic carbocycles. The zero-order valence-corrected chi connectivity index (χ0v) is 30.2. The molecule has 6 heterocycles. The van der Waals surface area contributed by atoms with Gasteiger partial charge in [-0.15, -0.1) is 0 Å². The SMILES string of the molecule is CN1CC[C@]2(CN=C(N3CCc4ccccc4[C@@H]3c3ccc(F)cc3)O2)C1.Fc1ccc([C@H]2c3ccccc3CCN2C2=NC[C@]3(CCNC3)O2)cc1. The Morgan fingerprint density at radius 2 is 1.15 bits per heavy atom. The molecule has 0 unspecified atom stereocenters. The number of likely N-dealkylation sites (N-methyl/N-ethyl adjacent to an activating group) is 1. The van der Waals surface area contributed by atoms with Gasteiger partial charge in [0, 0.05) is 45.6 Å². The first-order valence-corrected chi connectivity index (χ1v) is 18.9. The van der Waals surface area contributed by atoms with Crippen LogP contribution in [0.3, 0.4) is 0 Å². The van der Waals surface area contributed by atoms with Crippen LogP contribution in [-0.2, 0) is 22.3 Å². The van der Waals surface area contributed by atoms with Crippen molar-refractivity contribution < 1.29 is 18.3 Å². The second-order valence-corrected chi connectivity index (χ2v) is 15.4. The molecule has 1 N–H and O–H groups in total. The fourth-order valence-corrected chi connectivity index (χ4v) is 8.99. The number of halogens is 2. The number of likely N-dealkylation sites (tertiary alicyclic amines) is 1. The van der Waals surface area contributed by atoms with Gasteiger partial charge >= 0.3 is 0 Å². The Morgan fingerprint density at radius 1 is 0.642 bits per heavy atom. The van der Waals surface area contributed by atoms with Crippen LogP contribution in [-0.4, -0.2) is 97.4 Å². The zero-order valence-electron chi connectivity index (χ0n) is 30.2. The topological polar surface area (TPSA) is 64.9 Å². The fraction of sp³-hybridized carbons (Fsp3) is 0.395. The van der Waals surface area contributed by atoms with Crippen molar-refractivity contribution in [1.29, 1.82) is 0 Å².